The normalized spacial score (nSPS) is 11.0. The lowest BCUT2D eigenvalue weighted by Crippen LogP contribution is -2.41. The van der Waals surface area contributed by atoms with E-state index < -0.39 is 21.7 Å². The number of halogens is 1. The van der Waals surface area contributed by atoms with Crippen molar-refractivity contribution in [1.29, 1.82) is 0 Å². The molecule has 0 saturated heterocycles. The molecule has 2 N–H and O–H groups in total. The van der Waals surface area contributed by atoms with Crippen molar-refractivity contribution in [3.8, 4) is 11.5 Å². The lowest BCUT2D eigenvalue weighted by Gasteiger charge is -2.12. The molecule has 2 aromatic rings. The molecule has 0 aliphatic heterocycles. The first-order valence-electron chi connectivity index (χ1n) is 6.67. The van der Waals surface area contributed by atoms with E-state index in [2.05, 4.69) is 5.43 Å². The van der Waals surface area contributed by atoms with Crippen LogP contribution in [-0.2, 0) is 10.0 Å². The average Bonchev–Trinajstić information content (AvgIpc) is 2.59. The van der Waals surface area contributed by atoms with Crippen molar-refractivity contribution in [2.24, 2.45) is 0 Å². The summed E-state index contributed by atoms with van der Waals surface area (Å²) in [7, 11) is -1.40. The second-order valence-electron chi connectivity index (χ2n) is 4.58. The summed E-state index contributed by atoms with van der Waals surface area (Å²) >= 11 is 0. The van der Waals surface area contributed by atoms with E-state index in [-0.39, 0.29) is 16.2 Å². The Morgan fingerprint density at radius 3 is 2.29 bits per heavy atom. The molecule has 2 aromatic carbocycles. The smallest absolute Gasteiger partial charge is 0.266 e. The Bertz CT molecular complexity index is 837. The van der Waals surface area contributed by atoms with E-state index in [1.807, 2.05) is 4.83 Å². The van der Waals surface area contributed by atoms with Crippen LogP contribution in [0.25, 0.3) is 0 Å². The minimum Gasteiger partial charge on any atom is -0.497 e. The highest BCUT2D eigenvalue weighted by molar-refractivity contribution is 7.89. The van der Waals surface area contributed by atoms with Crippen LogP contribution in [-0.4, -0.2) is 28.5 Å². The lowest BCUT2D eigenvalue weighted by atomic mass is 10.2. The van der Waals surface area contributed by atoms with Crippen LogP contribution >= 0.6 is 0 Å². The van der Waals surface area contributed by atoms with E-state index in [9.17, 15) is 17.6 Å². The molecule has 0 heterocycles. The molecule has 2 rings (SSSR count). The van der Waals surface area contributed by atoms with Gasteiger partial charge in [-0.1, -0.05) is 0 Å². The molecule has 0 saturated carbocycles. The molecular formula is C15H15FN2O5S. The van der Waals surface area contributed by atoms with Gasteiger partial charge < -0.3 is 9.47 Å². The number of carbonyl (C=O) groups is 1. The molecule has 1 amide bonds. The second kappa shape index (κ2) is 7.28. The molecule has 0 spiro atoms. The highest BCUT2D eigenvalue weighted by Crippen LogP contribution is 2.27. The van der Waals surface area contributed by atoms with Gasteiger partial charge in [0, 0.05) is 11.6 Å². The topological polar surface area (TPSA) is 93.7 Å². The Morgan fingerprint density at radius 2 is 1.71 bits per heavy atom. The third-order valence-electron chi connectivity index (χ3n) is 3.07. The van der Waals surface area contributed by atoms with Crippen molar-refractivity contribution in [3.05, 3.63) is 53.8 Å². The quantitative estimate of drug-likeness (QED) is 0.766. The van der Waals surface area contributed by atoms with Crippen molar-refractivity contribution in [2.45, 2.75) is 4.90 Å². The number of sulfonamides is 1. The number of rotatable bonds is 6. The Balaban J connectivity index is 2.19. The molecule has 0 radical (unpaired) electrons. The van der Waals surface area contributed by atoms with E-state index in [4.69, 9.17) is 9.47 Å². The molecule has 0 atom stereocenters. The summed E-state index contributed by atoms with van der Waals surface area (Å²) in [4.78, 5) is 13.6. The van der Waals surface area contributed by atoms with Gasteiger partial charge in [-0.15, -0.1) is 4.83 Å². The van der Waals surface area contributed by atoms with Gasteiger partial charge in [-0.2, -0.15) is 0 Å². The van der Waals surface area contributed by atoms with E-state index in [0.717, 1.165) is 12.1 Å². The number of hydrogen-bond donors (Lipinski definition) is 2. The predicted molar refractivity (Wildman–Crippen MR) is 83.7 cm³/mol. The molecule has 0 aromatic heterocycles. The van der Waals surface area contributed by atoms with Crippen molar-refractivity contribution >= 4 is 15.9 Å². The van der Waals surface area contributed by atoms with E-state index in [0.29, 0.717) is 5.75 Å². The Labute approximate surface area is 138 Å². The zero-order valence-electron chi connectivity index (χ0n) is 12.9. The number of hydrazine groups is 1. The second-order valence-corrected chi connectivity index (χ2v) is 6.23. The number of methoxy groups -OCH3 is 2. The number of amides is 1. The third kappa shape index (κ3) is 4.00. The Hall–Kier alpha value is -2.65. The zero-order valence-corrected chi connectivity index (χ0v) is 13.7. The summed E-state index contributed by atoms with van der Waals surface area (Å²) in [5.74, 6) is -0.853. The number of hydrogen-bond acceptors (Lipinski definition) is 5. The largest absolute Gasteiger partial charge is 0.497 e. The first-order valence-corrected chi connectivity index (χ1v) is 8.15. The summed E-state index contributed by atoms with van der Waals surface area (Å²) in [6.45, 7) is 0. The standard InChI is InChI=1S/C15H15FN2O5S/c1-22-12-7-8-13(23-2)14(9-12)24(20,21)18-17-15(19)10-3-5-11(16)6-4-10/h3-9,18H,1-2H3,(H,17,19). The minimum atomic E-state index is -4.11. The molecule has 9 heteroatoms. The van der Waals surface area contributed by atoms with E-state index in [1.165, 1.54) is 44.6 Å². The maximum Gasteiger partial charge on any atom is 0.266 e. The zero-order chi connectivity index (χ0) is 17.7. The number of benzene rings is 2. The Kier molecular flexibility index (Phi) is 5.37. The van der Waals surface area contributed by atoms with Crippen LogP contribution in [0.3, 0.4) is 0 Å². The van der Waals surface area contributed by atoms with Gasteiger partial charge in [-0.05, 0) is 36.4 Å². The molecule has 0 fully saturated rings. The summed E-state index contributed by atoms with van der Waals surface area (Å²) in [5, 5.41) is 0. The average molecular weight is 354 g/mol. The molecule has 7 nitrogen and oxygen atoms in total. The van der Waals surface area contributed by atoms with Crippen LogP contribution in [0.15, 0.2) is 47.4 Å². The van der Waals surface area contributed by atoms with E-state index >= 15 is 0 Å². The van der Waals surface area contributed by atoms with Gasteiger partial charge in [-0.3, -0.25) is 10.2 Å². The van der Waals surface area contributed by atoms with E-state index in [1.54, 1.807) is 0 Å². The highest BCUT2D eigenvalue weighted by atomic mass is 32.2. The first kappa shape index (κ1) is 17.7. The molecule has 0 unspecified atom stereocenters. The van der Waals surface area contributed by atoms with Gasteiger partial charge in [-0.25, -0.2) is 12.8 Å². The first-order chi connectivity index (χ1) is 11.4. The van der Waals surface area contributed by atoms with Crippen LogP contribution in [0.5, 0.6) is 11.5 Å². The van der Waals surface area contributed by atoms with Gasteiger partial charge in [0.15, 0.2) is 0 Å². The molecule has 0 aliphatic carbocycles. The number of ether oxygens (including phenoxy) is 2. The van der Waals surface area contributed by atoms with Crippen LogP contribution in [0.4, 0.5) is 4.39 Å². The van der Waals surface area contributed by atoms with Crippen LogP contribution < -0.4 is 19.7 Å². The molecule has 24 heavy (non-hydrogen) atoms. The van der Waals surface area contributed by atoms with Crippen molar-refractivity contribution in [2.75, 3.05) is 14.2 Å². The van der Waals surface area contributed by atoms with Crippen molar-refractivity contribution < 1.29 is 27.1 Å². The SMILES string of the molecule is COc1ccc(OC)c(S(=O)(=O)NNC(=O)c2ccc(F)cc2)c1. The van der Waals surface area contributed by atoms with Crippen molar-refractivity contribution in [3.63, 3.8) is 0 Å². The van der Waals surface area contributed by atoms with Gasteiger partial charge >= 0.3 is 0 Å². The Morgan fingerprint density at radius 1 is 1.04 bits per heavy atom. The van der Waals surface area contributed by atoms with Crippen LogP contribution in [0.2, 0.25) is 0 Å². The van der Waals surface area contributed by atoms with Gasteiger partial charge in [0.25, 0.3) is 15.9 Å². The lowest BCUT2D eigenvalue weighted by molar-refractivity contribution is 0.0945. The van der Waals surface area contributed by atoms with Gasteiger partial charge in [0.1, 0.15) is 22.2 Å². The molecule has 0 aliphatic rings. The molecular weight excluding hydrogens is 339 g/mol. The maximum absolute atomic E-state index is 12.8. The van der Waals surface area contributed by atoms with Crippen molar-refractivity contribution in [1.82, 2.24) is 10.3 Å². The van der Waals surface area contributed by atoms with Crippen LogP contribution in [0.1, 0.15) is 10.4 Å². The fourth-order valence-electron chi connectivity index (χ4n) is 1.84. The molecule has 128 valence electrons. The van der Waals surface area contributed by atoms with Crippen LogP contribution in [0, 0.1) is 5.82 Å². The number of nitrogens with one attached hydrogen (secondary N) is 2. The fourth-order valence-corrected chi connectivity index (χ4v) is 2.86. The van der Waals surface area contributed by atoms with Gasteiger partial charge in [0.2, 0.25) is 0 Å². The maximum atomic E-state index is 12.8. The van der Waals surface area contributed by atoms with Gasteiger partial charge in [0.05, 0.1) is 14.2 Å². The summed E-state index contributed by atoms with van der Waals surface area (Å²) in [6, 6.07) is 8.86. The monoisotopic (exact) mass is 354 g/mol. The highest BCUT2D eigenvalue weighted by Gasteiger charge is 2.21. The summed E-state index contributed by atoms with van der Waals surface area (Å²) < 4.78 is 47.5. The predicted octanol–water partition coefficient (Wildman–Crippen LogP) is 1.47. The minimum absolute atomic E-state index is 0.0827. The number of carbonyl (C=O) groups excluding carboxylic acids is 1. The molecule has 0 bridgehead atoms. The fraction of sp³-hybridized carbons (Fsp3) is 0.133. The third-order valence-corrected chi connectivity index (χ3v) is 4.33. The summed E-state index contributed by atoms with van der Waals surface area (Å²) in [5.41, 5.74) is 2.14. The summed E-state index contributed by atoms with van der Waals surface area (Å²) in [6.07, 6.45) is 0.